The highest BCUT2D eigenvalue weighted by atomic mass is 35.5. The molecule has 0 saturated carbocycles. The number of aliphatic hydroxyl groups excluding tert-OH is 1. The van der Waals surface area contributed by atoms with Crippen LogP contribution in [0.25, 0.3) is 0 Å². The normalized spacial score (nSPS) is 14.5. The fourth-order valence-corrected chi connectivity index (χ4v) is 1.98. The number of hydrogen-bond donors (Lipinski definition) is 1. The lowest BCUT2D eigenvalue weighted by Crippen LogP contribution is -2.15. The highest BCUT2D eigenvalue weighted by Gasteiger charge is 2.24. The summed E-state index contributed by atoms with van der Waals surface area (Å²) in [5.74, 6) is -0.238. The summed E-state index contributed by atoms with van der Waals surface area (Å²) < 4.78 is 0. The lowest BCUT2D eigenvalue weighted by Gasteiger charge is -2.18. The first-order valence-electron chi connectivity index (χ1n) is 5.09. The molecule has 1 rings (SSSR count). The Labute approximate surface area is 99.0 Å². The average Bonchev–Trinajstić information content (AvgIpc) is 2.20. The first kappa shape index (κ1) is 12.9. The van der Waals surface area contributed by atoms with Crippen molar-refractivity contribution in [2.45, 2.75) is 32.3 Å². The Hall–Kier alpha value is -1.13. The summed E-state index contributed by atoms with van der Waals surface area (Å²) in [6, 6.07) is 4.54. The van der Waals surface area contributed by atoms with Crippen molar-refractivity contribution in [3.05, 3.63) is 38.9 Å². The second kappa shape index (κ2) is 5.27. The summed E-state index contributed by atoms with van der Waals surface area (Å²) in [5, 5.41) is 20.8. The molecule has 0 saturated heterocycles. The van der Waals surface area contributed by atoms with Gasteiger partial charge < -0.3 is 5.11 Å². The maximum Gasteiger partial charge on any atom is 0.274 e. The Bertz CT molecular complexity index is 393. The molecule has 1 aromatic carbocycles. The van der Waals surface area contributed by atoms with E-state index in [2.05, 4.69) is 0 Å². The van der Waals surface area contributed by atoms with Crippen molar-refractivity contribution < 1.29 is 10.0 Å². The summed E-state index contributed by atoms with van der Waals surface area (Å²) in [4.78, 5) is 10.4. The van der Waals surface area contributed by atoms with Gasteiger partial charge in [0.05, 0.1) is 11.0 Å². The van der Waals surface area contributed by atoms with Gasteiger partial charge in [-0.1, -0.05) is 24.6 Å². The van der Waals surface area contributed by atoms with Crippen molar-refractivity contribution in [2.24, 2.45) is 0 Å². The van der Waals surface area contributed by atoms with Crippen LogP contribution in [0.1, 0.15) is 31.7 Å². The molecule has 0 spiro atoms. The summed E-state index contributed by atoms with van der Waals surface area (Å²) in [6.07, 6.45) is 0.0185. The average molecular weight is 244 g/mol. The van der Waals surface area contributed by atoms with E-state index >= 15 is 0 Å². The third kappa shape index (κ3) is 2.71. The molecule has 1 aromatic rings. The Morgan fingerprint density at radius 3 is 2.62 bits per heavy atom. The zero-order valence-electron chi connectivity index (χ0n) is 9.18. The summed E-state index contributed by atoms with van der Waals surface area (Å²) in [7, 11) is 0. The van der Waals surface area contributed by atoms with E-state index in [0.29, 0.717) is 17.0 Å². The molecular weight excluding hydrogens is 230 g/mol. The minimum atomic E-state index is -0.620. The quantitative estimate of drug-likeness (QED) is 0.653. The van der Waals surface area contributed by atoms with E-state index in [4.69, 9.17) is 11.6 Å². The van der Waals surface area contributed by atoms with Gasteiger partial charge in [-0.3, -0.25) is 10.1 Å². The molecule has 0 aromatic heterocycles. The Balaban J connectivity index is 3.26. The minimum absolute atomic E-state index is 0.0275. The number of halogens is 1. The maximum absolute atomic E-state index is 10.9. The lowest BCUT2D eigenvalue weighted by atomic mass is 9.90. The molecule has 0 fully saturated rings. The third-order valence-corrected chi connectivity index (χ3v) is 2.85. The van der Waals surface area contributed by atoms with Gasteiger partial charge >= 0.3 is 0 Å². The molecule has 0 aliphatic rings. The lowest BCUT2D eigenvalue weighted by molar-refractivity contribution is -0.385. The van der Waals surface area contributed by atoms with E-state index in [1.807, 2.05) is 6.92 Å². The Morgan fingerprint density at radius 2 is 2.19 bits per heavy atom. The largest absolute Gasteiger partial charge is 0.393 e. The molecule has 88 valence electrons. The molecule has 4 nitrogen and oxygen atoms in total. The first-order valence-corrected chi connectivity index (χ1v) is 5.47. The van der Waals surface area contributed by atoms with Crippen molar-refractivity contribution >= 4 is 17.3 Å². The van der Waals surface area contributed by atoms with Gasteiger partial charge in [-0.15, -0.1) is 0 Å². The molecule has 0 amide bonds. The number of nitro groups is 1. The monoisotopic (exact) mass is 243 g/mol. The highest BCUT2D eigenvalue weighted by Crippen LogP contribution is 2.33. The fourth-order valence-electron chi connectivity index (χ4n) is 1.81. The maximum atomic E-state index is 10.9. The summed E-state index contributed by atoms with van der Waals surface area (Å²) >= 11 is 5.72. The van der Waals surface area contributed by atoms with Crippen LogP contribution < -0.4 is 0 Å². The van der Waals surface area contributed by atoms with Crippen LogP contribution in [0.15, 0.2) is 18.2 Å². The molecule has 0 heterocycles. The Kier molecular flexibility index (Phi) is 4.26. The predicted octanol–water partition coefficient (Wildman–Crippen LogP) is 3.12. The van der Waals surface area contributed by atoms with E-state index in [1.54, 1.807) is 19.1 Å². The smallest absolute Gasteiger partial charge is 0.274 e. The fraction of sp³-hybridized carbons (Fsp3) is 0.455. The van der Waals surface area contributed by atoms with Gasteiger partial charge in [0.25, 0.3) is 5.69 Å². The molecule has 0 aliphatic carbocycles. The molecule has 0 aliphatic heterocycles. The van der Waals surface area contributed by atoms with Crippen LogP contribution in [-0.4, -0.2) is 16.1 Å². The third-order valence-electron chi connectivity index (χ3n) is 2.61. The SMILES string of the molecule is CCC(c1ccc(Cl)cc1[N+](=O)[O-])C(C)O. The van der Waals surface area contributed by atoms with Gasteiger partial charge in [0.1, 0.15) is 0 Å². The van der Waals surface area contributed by atoms with E-state index < -0.39 is 11.0 Å². The second-order valence-electron chi connectivity index (χ2n) is 3.72. The zero-order valence-corrected chi connectivity index (χ0v) is 9.94. The van der Waals surface area contributed by atoms with E-state index in [-0.39, 0.29) is 11.6 Å². The van der Waals surface area contributed by atoms with Crippen molar-refractivity contribution in [3.8, 4) is 0 Å². The molecule has 0 radical (unpaired) electrons. The number of nitro benzene ring substituents is 1. The number of hydrogen-bond acceptors (Lipinski definition) is 3. The number of nitrogens with zero attached hydrogens (tertiary/aromatic N) is 1. The van der Waals surface area contributed by atoms with Crippen LogP contribution in [0, 0.1) is 10.1 Å². The van der Waals surface area contributed by atoms with Gasteiger partial charge in [0.2, 0.25) is 0 Å². The molecule has 5 heteroatoms. The van der Waals surface area contributed by atoms with Crippen molar-refractivity contribution in [1.82, 2.24) is 0 Å². The molecule has 2 atom stereocenters. The number of benzene rings is 1. The topological polar surface area (TPSA) is 63.4 Å². The van der Waals surface area contributed by atoms with Crippen molar-refractivity contribution in [3.63, 3.8) is 0 Å². The van der Waals surface area contributed by atoms with Crippen LogP contribution in [0.4, 0.5) is 5.69 Å². The minimum Gasteiger partial charge on any atom is -0.393 e. The summed E-state index contributed by atoms with van der Waals surface area (Å²) in [6.45, 7) is 3.52. The Morgan fingerprint density at radius 1 is 1.56 bits per heavy atom. The summed E-state index contributed by atoms with van der Waals surface area (Å²) in [5.41, 5.74) is 0.507. The van der Waals surface area contributed by atoms with Gasteiger partial charge in [-0.05, 0) is 19.4 Å². The van der Waals surface area contributed by atoms with Crippen LogP contribution in [0.3, 0.4) is 0 Å². The van der Waals surface area contributed by atoms with Gasteiger partial charge in [0, 0.05) is 22.6 Å². The molecule has 2 unspecified atom stereocenters. The van der Waals surface area contributed by atoms with Crippen molar-refractivity contribution in [2.75, 3.05) is 0 Å². The number of aliphatic hydroxyl groups is 1. The standard InChI is InChI=1S/C11H14ClNO3/c1-3-9(7(2)14)10-5-4-8(12)6-11(10)13(15)16/h4-7,9,14H,3H2,1-2H3. The van der Waals surface area contributed by atoms with Crippen LogP contribution in [-0.2, 0) is 0 Å². The molecule has 0 bridgehead atoms. The van der Waals surface area contributed by atoms with E-state index in [1.165, 1.54) is 6.07 Å². The van der Waals surface area contributed by atoms with Gasteiger partial charge in [-0.25, -0.2) is 0 Å². The van der Waals surface area contributed by atoms with Crippen molar-refractivity contribution in [1.29, 1.82) is 0 Å². The molecular formula is C11H14ClNO3. The highest BCUT2D eigenvalue weighted by molar-refractivity contribution is 6.30. The number of rotatable bonds is 4. The predicted molar refractivity (Wildman–Crippen MR) is 62.8 cm³/mol. The molecule has 16 heavy (non-hydrogen) atoms. The van der Waals surface area contributed by atoms with Crippen LogP contribution in [0.2, 0.25) is 5.02 Å². The van der Waals surface area contributed by atoms with Gasteiger partial charge in [0.15, 0.2) is 0 Å². The second-order valence-corrected chi connectivity index (χ2v) is 4.15. The van der Waals surface area contributed by atoms with Gasteiger partial charge in [-0.2, -0.15) is 0 Å². The van der Waals surface area contributed by atoms with E-state index in [9.17, 15) is 15.2 Å². The zero-order chi connectivity index (χ0) is 12.3. The van der Waals surface area contributed by atoms with Crippen LogP contribution in [0.5, 0.6) is 0 Å². The van der Waals surface area contributed by atoms with Crippen LogP contribution >= 0.6 is 11.6 Å². The van der Waals surface area contributed by atoms with E-state index in [0.717, 1.165) is 0 Å². The first-order chi connectivity index (χ1) is 7.47. The molecule has 1 N–H and O–H groups in total.